The third kappa shape index (κ3) is 4.77. The van der Waals surface area contributed by atoms with Gasteiger partial charge in [-0.1, -0.05) is 28.1 Å². The molecule has 146 valence electrons. The fraction of sp³-hybridized carbons (Fsp3) is 0.286. The van der Waals surface area contributed by atoms with E-state index in [2.05, 4.69) is 37.4 Å². The first-order valence-electron chi connectivity index (χ1n) is 9.03. The molecule has 1 aromatic heterocycles. The molecule has 0 amide bonds. The summed E-state index contributed by atoms with van der Waals surface area (Å²) < 4.78 is 11.5. The smallest absolute Gasteiger partial charge is 0.298 e. The third-order valence-electron chi connectivity index (χ3n) is 4.56. The molecule has 0 atom stereocenters. The van der Waals surface area contributed by atoms with Crippen molar-refractivity contribution in [1.29, 1.82) is 5.41 Å². The number of benzene rings is 2. The highest BCUT2D eigenvalue weighted by Crippen LogP contribution is 2.30. The number of nitrogens with zero attached hydrogens (tertiary/aromatic N) is 3. The van der Waals surface area contributed by atoms with Crippen LogP contribution in [0.4, 0.5) is 0 Å². The molecule has 0 fully saturated rings. The van der Waals surface area contributed by atoms with Crippen LogP contribution in [0.25, 0.3) is 0 Å². The summed E-state index contributed by atoms with van der Waals surface area (Å²) in [7, 11) is 1.93. The lowest BCUT2D eigenvalue weighted by Gasteiger charge is -2.20. The maximum Gasteiger partial charge on any atom is 0.298 e. The van der Waals surface area contributed by atoms with Gasteiger partial charge in [-0.15, -0.1) is 0 Å². The van der Waals surface area contributed by atoms with E-state index < -0.39 is 0 Å². The van der Waals surface area contributed by atoms with E-state index in [0.29, 0.717) is 17.5 Å². The molecule has 0 bridgehead atoms. The van der Waals surface area contributed by atoms with Crippen molar-refractivity contribution in [3.8, 4) is 10.9 Å². The fourth-order valence-electron chi connectivity index (χ4n) is 2.75. The Kier molecular flexibility index (Phi) is 6.46. The number of amidine groups is 1. The first kappa shape index (κ1) is 20.5. The van der Waals surface area contributed by atoms with E-state index in [4.69, 9.17) is 10.1 Å². The molecular weight excluding hydrogens is 436 g/mol. The van der Waals surface area contributed by atoms with E-state index in [1.54, 1.807) is 0 Å². The van der Waals surface area contributed by atoms with Crippen LogP contribution in [0.2, 0.25) is 0 Å². The lowest BCUT2D eigenvalue weighted by Crippen LogP contribution is -2.27. The Bertz CT molecular complexity index is 985. The van der Waals surface area contributed by atoms with E-state index in [9.17, 15) is 0 Å². The summed E-state index contributed by atoms with van der Waals surface area (Å²) in [6.07, 6.45) is 0.671. The van der Waals surface area contributed by atoms with Crippen molar-refractivity contribution in [2.45, 2.75) is 27.2 Å². The average molecular weight is 459 g/mol. The van der Waals surface area contributed by atoms with Gasteiger partial charge in [0.05, 0.1) is 0 Å². The van der Waals surface area contributed by atoms with Gasteiger partial charge in [0.15, 0.2) is 5.82 Å². The Morgan fingerprint density at radius 2 is 1.89 bits per heavy atom. The van der Waals surface area contributed by atoms with Gasteiger partial charge in [-0.3, -0.25) is 5.41 Å². The Morgan fingerprint density at radius 3 is 2.57 bits per heavy atom. The van der Waals surface area contributed by atoms with Crippen molar-refractivity contribution in [1.82, 2.24) is 14.3 Å². The van der Waals surface area contributed by atoms with E-state index in [-0.39, 0.29) is 0 Å². The highest BCUT2D eigenvalue weighted by atomic mass is 79.9. The Hall–Kier alpha value is -2.25. The Morgan fingerprint density at radius 1 is 1.18 bits per heavy atom. The molecule has 0 unspecified atom stereocenters. The molecule has 2 aromatic carbocycles. The van der Waals surface area contributed by atoms with Gasteiger partial charge in [-0.25, -0.2) is 0 Å². The number of halogens is 1. The number of nitrogens with one attached hydrogen (secondary N) is 1. The summed E-state index contributed by atoms with van der Waals surface area (Å²) in [5.41, 5.74) is 4.05. The monoisotopic (exact) mass is 458 g/mol. The van der Waals surface area contributed by atoms with Crippen LogP contribution in [0.5, 0.6) is 10.9 Å². The highest BCUT2D eigenvalue weighted by molar-refractivity contribution is 9.10. The van der Waals surface area contributed by atoms with E-state index in [0.717, 1.165) is 44.8 Å². The fourth-order valence-corrected chi connectivity index (χ4v) is 3.58. The number of hydrogen-bond acceptors (Lipinski definition) is 5. The molecule has 0 aliphatic carbocycles. The number of rotatable bonds is 6. The van der Waals surface area contributed by atoms with Gasteiger partial charge in [-0.05, 0) is 61.7 Å². The van der Waals surface area contributed by atoms with Crippen LogP contribution in [0, 0.1) is 19.3 Å². The molecule has 5 nitrogen and oxygen atoms in total. The molecule has 7 heteroatoms. The molecule has 0 radical (unpaired) electrons. The van der Waals surface area contributed by atoms with Crippen LogP contribution < -0.4 is 4.74 Å². The van der Waals surface area contributed by atoms with Crippen molar-refractivity contribution >= 4 is 33.3 Å². The zero-order chi connectivity index (χ0) is 20.3. The van der Waals surface area contributed by atoms with Crippen LogP contribution in [0.1, 0.15) is 35.0 Å². The summed E-state index contributed by atoms with van der Waals surface area (Å²) in [5, 5.41) is 8.88. The van der Waals surface area contributed by atoms with Crippen molar-refractivity contribution in [3.05, 3.63) is 68.9 Å². The molecule has 0 aliphatic heterocycles. The first-order valence-corrected chi connectivity index (χ1v) is 10.6. The zero-order valence-electron chi connectivity index (χ0n) is 16.4. The first-order chi connectivity index (χ1) is 13.4. The van der Waals surface area contributed by atoms with Crippen LogP contribution >= 0.6 is 27.5 Å². The third-order valence-corrected chi connectivity index (χ3v) is 5.72. The van der Waals surface area contributed by atoms with Gasteiger partial charge in [0.25, 0.3) is 5.19 Å². The van der Waals surface area contributed by atoms with E-state index >= 15 is 0 Å². The number of aromatic nitrogens is 2. The number of ether oxygens (including phenoxy) is 1. The summed E-state index contributed by atoms with van der Waals surface area (Å²) >= 11 is 4.70. The second-order valence-electron chi connectivity index (χ2n) is 6.68. The Labute approximate surface area is 178 Å². The molecule has 0 aliphatic rings. The van der Waals surface area contributed by atoms with Gasteiger partial charge in [0.1, 0.15) is 11.6 Å². The molecule has 1 heterocycles. The summed E-state index contributed by atoms with van der Waals surface area (Å²) in [6, 6.07) is 12.1. The quantitative estimate of drug-likeness (QED) is 0.386. The highest BCUT2D eigenvalue weighted by Gasteiger charge is 2.14. The van der Waals surface area contributed by atoms with Crippen LogP contribution in [0.3, 0.4) is 0 Å². The number of aryl methyl sites for hydroxylation is 2. The van der Waals surface area contributed by atoms with Crippen LogP contribution in [-0.4, -0.2) is 33.7 Å². The molecule has 3 rings (SSSR count). The number of hydrogen-bond donors (Lipinski definition) is 1. The minimum absolute atomic E-state index is 0.516. The maximum absolute atomic E-state index is 8.35. The topological polar surface area (TPSA) is 62.1 Å². The molecule has 0 saturated heterocycles. The van der Waals surface area contributed by atoms with Gasteiger partial charge < -0.3 is 9.64 Å². The predicted octanol–water partition coefficient (Wildman–Crippen LogP) is 5.58. The average Bonchev–Trinajstić information content (AvgIpc) is 3.12. The van der Waals surface area contributed by atoms with Gasteiger partial charge in [0.2, 0.25) is 0 Å². The summed E-state index contributed by atoms with van der Waals surface area (Å²) in [5.74, 6) is 2.02. The van der Waals surface area contributed by atoms with Gasteiger partial charge in [0, 0.05) is 41.6 Å². The lowest BCUT2D eigenvalue weighted by molar-refractivity contribution is 0.473. The van der Waals surface area contributed by atoms with Crippen molar-refractivity contribution in [2.75, 3.05) is 13.6 Å². The zero-order valence-corrected chi connectivity index (χ0v) is 18.8. The minimum atomic E-state index is 0.516. The lowest BCUT2D eigenvalue weighted by atomic mass is 10.0. The SMILES string of the molecule is CCN(C)C(=N)c1cc(C)c(Oc2nc(Cc3ccc(Br)cc3)ns2)cc1C. The van der Waals surface area contributed by atoms with Crippen molar-refractivity contribution in [2.24, 2.45) is 0 Å². The molecule has 0 spiro atoms. The Balaban J connectivity index is 1.75. The molecule has 28 heavy (non-hydrogen) atoms. The second-order valence-corrected chi connectivity index (χ2v) is 8.31. The standard InChI is InChI=1S/C21H23BrN4OS/c1-5-26(4)20(23)17-10-14(3)18(11-13(17)2)27-21-24-19(25-28-21)12-15-6-8-16(22)9-7-15/h6-11,23H,5,12H2,1-4H3. The van der Waals surface area contributed by atoms with Crippen molar-refractivity contribution < 1.29 is 4.74 Å². The second kappa shape index (κ2) is 8.84. The summed E-state index contributed by atoms with van der Waals surface area (Å²) in [4.78, 5) is 6.43. The normalized spacial score (nSPS) is 10.8. The summed E-state index contributed by atoms with van der Waals surface area (Å²) in [6.45, 7) is 6.82. The largest absolute Gasteiger partial charge is 0.430 e. The predicted molar refractivity (Wildman–Crippen MR) is 118 cm³/mol. The van der Waals surface area contributed by atoms with Crippen molar-refractivity contribution in [3.63, 3.8) is 0 Å². The van der Waals surface area contributed by atoms with Crippen LogP contribution in [-0.2, 0) is 6.42 Å². The van der Waals surface area contributed by atoms with Crippen LogP contribution in [0.15, 0.2) is 40.9 Å². The molecular formula is C21H23BrN4OS. The molecule has 0 saturated carbocycles. The maximum atomic E-state index is 8.35. The minimum Gasteiger partial charge on any atom is -0.430 e. The van der Waals surface area contributed by atoms with Gasteiger partial charge >= 0.3 is 0 Å². The van der Waals surface area contributed by atoms with E-state index in [1.807, 2.05) is 57.0 Å². The molecule has 3 aromatic rings. The van der Waals surface area contributed by atoms with E-state index in [1.165, 1.54) is 11.5 Å². The van der Waals surface area contributed by atoms with Gasteiger partial charge in [-0.2, -0.15) is 9.36 Å². The molecule has 1 N–H and O–H groups in total.